The number of nitrogens with one attached hydrogen (secondary N) is 1. The van der Waals surface area contributed by atoms with E-state index in [0.29, 0.717) is 23.0 Å². The zero-order valence-electron chi connectivity index (χ0n) is 15.3. The normalized spacial score (nSPS) is 10.8. The van der Waals surface area contributed by atoms with Crippen molar-refractivity contribution >= 4 is 29.1 Å². The van der Waals surface area contributed by atoms with E-state index in [-0.39, 0.29) is 30.5 Å². The van der Waals surface area contributed by atoms with E-state index in [9.17, 15) is 14.9 Å². The molecular weight excluding hydrogens is 386 g/mol. The van der Waals surface area contributed by atoms with Gasteiger partial charge in [0.25, 0.3) is 0 Å². The largest absolute Gasteiger partial charge is 0.312 e. The third kappa shape index (κ3) is 4.52. The Hall–Kier alpha value is -3.27. The van der Waals surface area contributed by atoms with Crippen LogP contribution in [0.15, 0.2) is 30.6 Å². The number of nitro groups is 1. The monoisotopic (exact) mass is 403 g/mol. The van der Waals surface area contributed by atoms with Crippen molar-refractivity contribution in [3.05, 3.63) is 62.7 Å². The Labute approximate surface area is 165 Å². The lowest BCUT2D eigenvalue weighted by Gasteiger charge is -2.04. The van der Waals surface area contributed by atoms with Gasteiger partial charge in [0.05, 0.1) is 18.0 Å². The minimum Gasteiger partial charge on any atom is -0.293 e. The predicted molar refractivity (Wildman–Crippen MR) is 102 cm³/mol. The lowest BCUT2D eigenvalue weighted by Crippen LogP contribution is -2.16. The Morgan fingerprint density at radius 1 is 1.25 bits per heavy atom. The number of aryl methyl sites for hydroxylation is 2. The van der Waals surface area contributed by atoms with Gasteiger partial charge in [-0.25, -0.2) is 9.67 Å². The Balaban J connectivity index is 1.56. The number of halogens is 1. The number of carbonyl (C=O) groups excluding carboxylic acids is 1. The number of carbonyl (C=O) groups is 1. The van der Waals surface area contributed by atoms with Crippen LogP contribution in [-0.2, 0) is 17.9 Å². The van der Waals surface area contributed by atoms with Gasteiger partial charge in [-0.05, 0) is 31.5 Å². The van der Waals surface area contributed by atoms with Gasteiger partial charge in [0.1, 0.15) is 17.7 Å². The Kier molecular flexibility index (Phi) is 5.69. The molecule has 1 aromatic carbocycles. The van der Waals surface area contributed by atoms with E-state index in [0.717, 1.165) is 5.56 Å². The molecule has 10 nitrogen and oxygen atoms in total. The second kappa shape index (κ2) is 8.17. The molecule has 0 saturated carbocycles. The van der Waals surface area contributed by atoms with Crippen LogP contribution in [0.1, 0.15) is 23.4 Å². The summed E-state index contributed by atoms with van der Waals surface area (Å²) in [6.07, 6.45) is 1.61. The average molecular weight is 404 g/mol. The zero-order chi connectivity index (χ0) is 20.3. The molecule has 11 heteroatoms. The van der Waals surface area contributed by atoms with Gasteiger partial charge in [-0.2, -0.15) is 5.10 Å². The van der Waals surface area contributed by atoms with Crippen molar-refractivity contribution in [1.82, 2.24) is 24.5 Å². The molecule has 0 radical (unpaired) electrons. The Morgan fingerprint density at radius 3 is 2.61 bits per heavy atom. The third-order valence-corrected chi connectivity index (χ3v) is 4.37. The summed E-state index contributed by atoms with van der Waals surface area (Å²) >= 11 is 5.86. The van der Waals surface area contributed by atoms with E-state index in [1.165, 1.54) is 11.0 Å². The van der Waals surface area contributed by atoms with Crippen molar-refractivity contribution in [1.29, 1.82) is 0 Å². The van der Waals surface area contributed by atoms with Crippen LogP contribution in [0.3, 0.4) is 0 Å². The molecule has 2 aromatic heterocycles. The van der Waals surface area contributed by atoms with Crippen molar-refractivity contribution in [2.24, 2.45) is 0 Å². The van der Waals surface area contributed by atoms with Crippen molar-refractivity contribution in [2.75, 3.05) is 5.32 Å². The highest BCUT2D eigenvalue weighted by Crippen LogP contribution is 2.21. The number of nitrogens with zero attached hydrogens (tertiary/aromatic N) is 6. The fraction of sp³-hybridized carbons (Fsp3) is 0.294. The van der Waals surface area contributed by atoms with E-state index in [1.807, 2.05) is 12.1 Å². The van der Waals surface area contributed by atoms with E-state index in [1.54, 1.807) is 30.7 Å². The smallest absolute Gasteiger partial charge is 0.293 e. The standard InChI is InChI=1S/C17H18ClN7O3/c1-11-16(25(27)28)12(2)24(21-11)8-7-15(26)20-17-19-10-23(22-17)9-13-3-5-14(18)6-4-13/h3-6,10H,7-9H2,1-2H3,(H,20,22,26). The summed E-state index contributed by atoms with van der Waals surface area (Å²) in [5.41, 5.74) is 1.72. The van der Waals surface area contributed by atoms with E-state index >= 15 is 0 Å². The second-order valence-corrected chi connectivity index (χ2v) is 6.63. The molecule has 1 N–H and O–H groups in total. The van der Waals surface area contributed by atoms with Crippen LogP contribution in [-0.4, -0.2) is 35.4 Å². The van der Waals surface area contributed by atoms with Gasteiger partial charge >= 0.3 is 5.69 Å². The molecule has 0 spiro atoms. The molecule has 1 amide bonds. The summed E-state index contributed by atoms with van der Waals surface area (Å²) in [5.74, 6) is -0.113. The van der Waals surface area contributed by atoms with Gasteiger partial charge in [0.15, 0.2) is 0 Å². The third-order valence-electron chi connectivity index (χ3n) is 4.12. The zero-order valence-corrected chi connectivity index (χ0v) is 16.0. The number of aromatic nitrogens is 5. The minimum atomic E-state index is -0.467. The highest BCUT2D eigenvalue weighted by molar-refractivity contribution is 6.30. The van der Waals surface area contributed by atoms with Gasteiger partial charge < -0.3 is 0 Å². The van der Waals surface area contributed by atoms with Crippen LogP contribution in [0.4, 0.5) is 11.6 Å². The van der Waals surface area contributed by atoms with Gasteiger partial charge in [-0.1, -0.05) is 23.7 Å². The fourth-order valence-corrected chi connectivity index (χ4v) is 2.90. The molecule has 0 aliphatic rings. The fourth-order valence-electron chi connectivity index (χ4n) is 2.77. The molecule has 3 aromatic rings. The quantitative estimate of drug-likeness (QED) is 0.478. The maximum Gasteiger partial charge on any atom is 0.312 e. The van der Waals surface area contributed by atoms with Crippen LogP contribution in [0, 0.1) is 24.0 Å². The summed E-state index contributed by atoms with van der Waals surface area (Å²) in [5, 5.41) is 22.6. The first-order valence-electron chi connectivity index (χ1n) is 8.45. The number of amides is 1. The molecule has 146 valence electrons. The number of benzene rings is 1. The molecule has 0 atom stereocenters. The molecule has 3 rings (SSSR count). The number of anilines is 1. The Bertz CT molecular complexity index is 1010. The summed E-state index contributed by atoms with van der Waals surface area (Å²) < 4.78 is 3.06. The SMILES string of the molecule is Cc1nn(CCC(=O)Nc2ncn(Cc3ccc(Cl)cc3)n2)c(C)c1[N+](=O)[O-]. The van der Waals surface area contributed by atoms with Crippen LogP contribution >= 0.6 is 11.6 Å². The van der Waals surface area contributed by atoms with Crippen LogP contribution in [0.25, 0.3) is 0 Å². The molecule has 28 heavy (non-hydrogen) atoms. The van der Waals surface area contributed by atoms with Crippen molar-refractivity contribution in [3.63, 3.8) is 0 Å². The van der Waals surface area contributed by atoms with Crippen molar-refractivity contribution in [2.45, 2.75) is 33.4 Å². The maximum absolute atomic E-state index is 12.1. The molecule has 0 unspecified atom stereocenters. The summed E-state index contributed by atoms with van der Waals surface area (Å²) in [4.78, 5) is 26.8. The van der Waals surface area contributed by atoms with E-state index in [4.69, 9.17) is 11.6 Å². The van der Waals surface area contributed by atoms with Gasteiger partial charge in [-0.15, -0.1) is 5.10 Å². The summed E-state index contributed by atoms with van der Waals surface area (Å²) in [6.45, 7) is 3.89. The molecule has 0 aliphatic carbocycles. The maximum atomic E-state index is 12.1. The summed E-state index contributed by atoms with van der Waals surface area (Å²) in [6, 6.07) is 7.35. The number of hydrogen-bond acceptors (Lipinski definition) is 6. The summed E-state index contributed by atoms with van der Waals surface area (Å²) in [7, 11) is 0. The first-order valence-corrected chi connectivity index (χ1v) is 8.83. The second-order valence-electron chi connectivity index (χ2n) is 6.19. The predicted octanol–water partition coefficient (Wildman–Crippen LogP) is 2.73. The topological polar surface area (TPSA) is 121 Å². The van der Waals surface area contributed by atoms with Crippen LogP contribution < -0.4 is 5.32 Å². The van der Waals surface area contributed by atoms with E-state index < -0.39 is 4.92 Å². The molecular formula is C17H18ClN7O3. The molecule has 0 saturated heterocycles. The van der Waals surface area contributed by atoms with Crippen molar-refractivity contribution in [3.8, 4) is 0 Å². The highest BCUT2D eigenvalue weighted by atomic mass is 35.5. The van der Waals surface area contributed by atoms with Gasteiger partial charge in [0.2, 0.25) is 11.9 Å². The lowest BCUT2D eigenvalue weighted by molar-refractivity contribution is -0.386. The highest BCUT2D eigenvalue weighted by Gasteiger charge is 2.21. The molecule has 0 fully saturated rings. The number of rotatable bonds is 7. The lowest BCUT2D eigenvalue weighted by atomic mass is 10.2. The number of hydrogen-bond donors (Lipinski definition) is 1. The van der Waals surface area contributed by atoms with Gasteiger partial charge in [-0.3, -0.25) is 24.9 Å². The first kappa shape index (κ1) is 19.5. The first-order chi connectivity index (χ1) is 13.3. The molecule has 0 bridgehead atoms. The Morgan fingerprint density at radius 2 is 1.96 bits per heavy atom. The molecule has 0 aliphatic heterocycles. The van der Waals surface area contributed by atoms with Crippen molar-refractivity contribution < 1.29 is 9.72 Å². The van der Waals surface area contributed by atoms with Gasteiger partial charge in [0, 0.05) is 11.4 Å². The van der Waals surface area contributed by atoms with E-state index in [2.05, 4.69) is 20.5 Å². The van der Waals surface area contributed by atoms with Crippen LogP contribution in [0.2, 0.25) is 5.02 Å². The molecule has 2 heterocycles. The minimum absolute atomic E-state index is 0.0250. The average Bonchev–Trinajstić information content (AvgIpc) is 3.18. The van der Waals surface area contributed by atoms with Crippen LogP contribution in [0.5, 0.6) is 0 Å².